The molecule has 6 nitrogen and oxygen atoms in total. The summed E-state index contributed by atoms with van der Waals surface area (Å²) >= 11 is 1.37. The molecular formula is C24H20F3N3O3S. The van der Waals surface area contributed by atoms with Crippen molar-refractivity contribution in [1.82, 2.24) is 9.55 Å². The molecule has 0 aliphatic rings. The van der Waals surface area contributed by atoms with Crippen LogP contribution in [0.15, 0.2) is 65.0 Å². The molecule has 1 amide bonds. The van der Waals surface area contributed by atoms with Gasteiger partial charge in [-0.1, -0.05) is 42.0 Å². The van der Waals surface area contributed by atoms with Gasteiger partial charge in [-0.2, -0.15) is 13.2 Å². The first-order chi connectivity index (χ1) is 16.2. The lowest BCUT2D eigenvalue weighted by atomic mass is 10.1. The van der Waals surface area contributed by atoms with E-state index in [4.69, 9.17) is 4.74 Å². The van der Waals surface area contributed by atoms with Crippen molar-refractivity contribution in [2.24, 2.45) is 0 Å². The fourth-order valence-corrected chi connectivity index (χ4v) is 4.27. The van der Waals surface area contributed by atoms with Crippen molar-refractivity contribution >= 4 is 33.1 Å². The third kappa shape index (κ3) is 5.45. The SMILES string of the molecule is Cc1ccc(-c2csc3ncn(CCC(=O)Nc4ccccc4OCC(F)(F)F)c(=O)c23)cc1. The van der Waals surface area contributed by atoms with E-state index in [2.05, 4.69) is 10.3 Å². The van der Waals surface area contributed by atoms with Gasteiger partial charge in [0.15, 0.2) is 6.61 Å². The lowest BCUT2D eigenvalue weighted by molar-refractivity contribution is -0.153. The number of benzene rings is 2. The number of para-hydroxylation sites is 2. The molecule has 2 heterocycles. The number of aromatic nitrogens is 2. The third-order valence-corrected chi connectivity index (χ3v) is 5.94. The molecule has 4 aromatic rings. The second kappa shape index (κ2) is 9.68. The van der Waals surface area contributed by atoms with Crippen LogP contribution in [0.3, 0.4) is 0 Å². The minimum absolute atomic E-state index is 0.0579. The topological polar surface area (TPSA) is 73.2 Å². The van der Waals surface area contributed by atoms with Crippen LogP contribution in [-0.2, 0) is 11.3 Å². The van der Waals surface area contributed by atoms with Gasteiger partial charge in [-0.15, -0.1) is 11.3 Å². The number of fused-ring (bicyclic) bond motifs is 1. The van der Waals surface area contributed by atoms with E-state index in [1.54, 1.807) is 6.07 Å². The number of aryl methyl sites for hydroxylation is 2. The second-order valence-electron chi connectivity index (χ2n) is 7.64. The lowest BCUT2D eigenvalue weighted by Crippen LogP contribution is -2.24. The second-order valence-corrected chi connectivity index (χ2v) is 8.49. The van der Waals surface area contributed by atoms with Gasteiger partial charge in [-0.05, 0) is 24.6 Å². The Morgan fingerprint density at radius 3 is 2.62 bits per heavy atom. The van der Waals surface area contributed by atoms with Gasteiger partial charge >= 0.3 is 6.18 Å². The lowest BCUT2D eigenvalue weighted by Gasteiger charge is -2.14. The average molecular weight is 488 g/mol. The van der Waals surface area contributed by atoms with E-state index in [1.165, 1.54) is 40.4 Å². The number of anilines is 1. The van der Waals surface area contributed by atoms with Crippen molar-refractivity contribution in [2.75, 3.05) is 11.9 Å². The standard InChI is InChI=1S/C24H20F3N3O3S/c1-15-6-8-16(9-7-15)17-12-34-22-21(17)23(32)30(14-28-22)11-10-20(31)29-18-4-2-3-5-19(18)33-13-24(25,26)27/h2-9,12,14H,10-11,13H2,1H3,(H,29,31). The summed E-state index contributed by atoms with van der Waals surface area (Å²) in [5.74, 6) is -0.562. The molecule has 0 saturated heterocycles. The summed E-state index contributed by atoms with van der Waals surface area (Å²) in [6.45, 7) is 0.573. The van der Waals surface area contributed by atoms with Gasteiger partial charge in [-0.25, -0.2) is 4.98 Å². The first-order valence-corrected chi connectivity index (χ1v) is 11.2. The maximum absolute atomic E-state index is 13.1. The summed E-state index contributed by atoms with van der Waals surface area (Å²) in [5.41, 5.74) is 2.66. The Labute approximate surface area is 196 Å². The first kappa shape index (κ1) is 23.5. The van der Waals surface area contributed by atoms with Gasteiger partial charge in [0.05, 0.1) is 17.4 Å². The molecule has 0 spiro atoms. The molecule has 4 rings (SSSR count). The van der Waals surface area contributed by atoms with Crippen molar-refractivity contribution in [3.05, 3.63) is 76.2 Å². The molecule has 2 aromatic heterocycles. The number of carbonyl (C=O) groups is 1. The van der Waals surface area contributed by atoms with Crippen LogP contribution in [0.5, 0.6) is 5.75 Å². The van der Waals surface area contributed by atoms with Crippen molar-refractivity contribution in [3.63, 3.8) is 0 Å². The Hall–Kier alpha value is -3.66. The summed E-state index contributed by atoms with van der Waals surface area (Å²) in [5, 5.41) is 4.92. The molecule has 0 aliphatic carbocycles. The Kier molecular flexibility index (Phi) is 6.69. The minimum Gasteiger partial charge on any atom is -0.482 e. The summed E-state index contributed by atoms with van der Waals surface area (Å²) in [6.07, 6.45) is -3.18. The van der Waals surface area contributed by atoms with Gasteiger partial charge in [0.1, 0.15) is 10.6 Å². The van der Waals surface area contributed by atoms with Gasteiger partial charge in [-0.3, -0.25) is 14.2 Å². The molecule has 176 valence electrons. The number of nitrogens with zero attached hydrogens (tertiary/aromatic N) is 2. The number of thiophene rings is 1. The molecule has 10 heteroatoms. The summed E-state index contributed by atoms with van der Waals surface area (Å²) in [4.78, 5) is 30.5. The van der Waals surface area contributed by atoms with E-state index >= 15 is 0 Å². The maximum Gasteiger partial charge on any atom is 0.422 e. The molecule has 2 aromatic carbocycles. The molecule has 0 saturated carbocycles. The predicted octanol–water partition coefficient (Wildman–Crippen LogP) is 5.40. The van der Waals surface area contributed by atoms with E-state index in [9.17, 15) is 22.8 Å². The van der Waals surface area contributed by atoms with E-state index in [0.717, 1.165) is 16.7 Å². The molecule has 0 aliphatic heterocycles. The molecule has 0 bridgehead atoms. The number of nitrogens with one attached hydrogen (secondary N) is 1. The van der Waals surface area contributed by atoms with E-state index in [0.29, 0.717) is 10.2 Å². The predicted molar refractivity (Wildman–Crippen MR) is 125 cm³/mol. The fourth-order valence-electron chi connectivity index (χ4n) is 3.36. The average Bonchev–Trinajstić information content (AvgIpc) is 3.23. The number of carbonyl (C=O) groups excluding carboxylic acids is 1. The number of ether oxygens (including phenoxy) is 1. The molecule has 0 radical (unpaired) electrons. The summed E-state index contributed by atoms with van der Waals surface area (Å²) in [6, 6.07) is 13.7. The van der Waals surface area contributed by atoms with Crippen LogP contribution < -0.4 is 15.6 Å². The largest absolute Gasteiger partial charge is 0.482 e. The van der Waals surface area contributed by atoms with Crippen LogP contribution in [0.4, 0.5) is 18.9 Å². The highest BCUT2D eigenvalue weighted by molar-refractivity contribution is 7.17. The van der Waals surface area contributed by atoms with E-state index < -0.39 is 18.7 Å². The van der Waals surface area contributed by atoms with Crippen molar-refractivity contribution < 1.29 is 22.7 Å². The molecule has 0 fully saturated rings. The zero-order chi connectivity index (χ0) is 24.3. The number of hydrogen-bond donors (Lipinski definition) is 1. The number of amides is 1. The summed E-state index contributed by atoms with van der Waals surface area (Å²) in [7, 11) is 0. The number of rotatable bonds is 7. The van der Waals surface area contributed by atoms with Crippen LogP contribution in [0.2, 0.25) is 0 Å². The Bertz CT molecular complexity index is 1380. The Morgan fingerprint density at radius 1 is 1.15 bits per heavy atom. The summed E-state index contributed by atoms with van der Waals surface area (Å²) < 4.78 is 43.6. The highest BCUT2D eigenvalue weighted by Gasteiger charge is 2.29. The number of alkyl halides is 3. The van der Waals surface area contributed by atoms with Crippen molar-refractivity contribution in [1.29, 1.82) is 0 Å². The quantitative estimate of drug-likeness (QED) is 0.379. The van der Waals surface area contributed by atoms with Gasteiger partial charge in [0.2, 0.25) is 5.91 Å². The highest BCUT2D eigenvalue weighted by atomic mass is 32.1. The van der Waals surface area contributed by atoms with Gasteiger partial charge in [0.25, 0.3) is 5.56 Å². The highest BCUT2D eigenvalue weighted by Crippen LogP contribution is 2.31. The number of halogens is 3. The van der Waals surface area contributed by atoms with E-state index in [-0.39, 0.29) is 30.0 Å². The van der Waals surface area contributed by atoms with Gasteiger partial charge in [0, 0.05) is 23.9 Å². The minimum atomic E-state index is -4.50. The molecular weight excluding hydrogens is 467 g/mol. The van der Waals surface area contributed by atoms with Gasteiger partial charge < -0.3 is 10.1 Å². The van der Waals surface area contributed by atoms with Crippen LogP contribution in [0.25, 0.3) is 21.3 Å². The Balaban J connectivity index is 1.49. The van der Waals surface area contributed by atoms with Crippen LogP contribution in [0, 0.1) is 6.92 Å². The number of hydrogen-bond acceptors (Lipinski definition) is 5. The molecule has 1 N–H and O–H groups in total. The monoisotopic (exact) mass is 487 g/mol. The van der Waals surface area contributed by atoms with E-state index in [1.807, 2.05) is 36.6 Å². The zero-order valence-electron chi connectivity index (χ0n) is 18.1. The Morgan fingerprint density at radius 2 is 1.88 bits per heavy atom. The first-order valence-electron chi connectivity index (χ1n) is 10.3. The normalized spacial score (nSPS) is 11.5. The zero-order valence-corrected chi connectivity index (χ0v) is 18.9. The molecule has 34 heavy (non-hydrogen) atoms. The fraction of sp³-hybridized carbons (Fsp3) is 0.208. The third-order valence-electron chi connectivity index (χ3n) is 5.06. The maximum atomic E-state index is 13.1. The van der Waals surface area contributed by atoms with Crippen molar-refractivity contribution in [2.45, 2.75) is 26.1 Å². The van der Waals surface area contributed by atoms with Crippen LogP contribution in [0.1, 0.15) is 12.0 Å². The smallest absolute Gasteiger partial charge is 0.422 e. The molecule has 0 atom stereocenters. The van der Waals surface area contributed by atoms with Crippen molar-refractivity contribution in [3.8, 4) is 16.9 Å². The van der Waals surface area contributed by atoms with Crippen LogP contribution >= 0.6 is 11.3 Å². The molecule has 0 unspecified atom stereocenters. The van der Waals surface area contributed by atoms with Crippen LogP contribution in [-0.4, -0.2) is 28.2 Å².